The standard InChI is InChI=1S/C16H13N5O3/c22-16(19-10-12-3-5-13(6-4-12)21(23)24)14-2-1-7-18-15(14)20-9-8-17-11-20/h1-9,11H,10H2,(H,19,22). The number of hydrogen-bond donors (Lipinski definition) is 1. The van der Waals surface area contributed by atoms with Crippen LogP contribution in [0.3, 0.4) is 0 Å². The molecule has 0 atom stereocenters. The summed E-state index contributed by atoms with van der Waals surface area (Å²) < 4.78 is 1.65. The van der Waals surface area contributed by atoms with Crippen LogP contribution in [0.4, 0.5) is 5.69 Å². The number of nitro benzene ring substituents is 1. The fraction of sp³-hybridized carbons (Fsp3) is 0.0625. The van der Waals surface area contributed by atoms with Gasteiger partial charge in [-0.05, 0) is 17.7 Å². The first-order valence-electron chi connectivity index (χ1n) is 7.10. The van der Waals surface area contributed by atoms with Crippen LogP contribution in [0.5, 0.6) is 0 Å². The highest BCUT2D eigenvalue weighted by atomic mass is 16.6. The molecular formula is C16H13N5O3. The van der Waals surface area contributed by atoms with Crippen molar-refractivity contribution in [3.63, 3.8) is 0 Å². The fourth-order valence-corrected chi connectivity index (χ4v) is 2.18. The number of carbonyl (C=O) groups excluding carboxylic acids is 1. The Hall–Kier alpha value is -3.55. The number of nitrogens with zero attached hydrogens (tertiary/aromatic N) is 4. The van der Waals surface area contributed by atoms with Crippen LogP contribution in [0, 0.1) is 10.1 Å². The molecule has 1 aromatic carbocycles. The Kier molecular flexibility index (Phi) is 4.28. The van der Waals surface area contributed by atoms with E-state index in [1.54, 1.807) is 53.8 Å². The summed E-state index contributed by atoms with van der Waals surface area (Å²) in [7, 11) is 0. The summed E-state index contributed by atoms with van der Waals surface area (Å²) >= 11 is 0. The molecule has 0 spiro atoms. The van der Waals surface area contributed by atoms with Gasteiger partial charge in [-0.25, -0.2) is 9.97 Å². The molecule has 3 rings (SSSR count). The molecule has 0 unspecified atom stereocenters. The Morgan fingerprint density at radius 2 is 2.00 bits per heavy atom. The van der Waals surface area contributed by atoms with Gasteiger partial charge in [0.05, 0.1) is 10.5 Å². The number of rotatable bonds is 5. The van der Waals surface area contributed by atoms with E-state index in [1.807, 2.05) is 0 Å². The van der Waals surface area contributed by atoms with Crippen molar-refractivity contribution in [1.29, 1.82) is 0 Å². The lowest BCUT2D eigenvalue weighted by atomic mass is 10.2. The number of amides is 1. The molecule has 0 saturated heterocycles. The van der Waals surface area contributed by atoms with Gasteiger partial charge >= 0.3 is 0 Å². The van der Waals surface area contributed by atoms with Gasteiger partial charge in [0.25, 0.3) is 11.6 Å². The van der Waals surface area contributed by atoms with Gasteiger partial charge in [-0.15, -0.1) is 0 Å². The number of aromatic nitrogens is 3. The van der Waals surface area contributed by atoms with Crippen LogP contribution in [-0.4, -0.2) is 25.4 Å². The highest BCUT2D eigenvalue weighted by molar-refractivity contribution is 5.97. The second kappa shape index (κ2) is 6.69. The Morgan fingerprint density at radius 1 is 1.21 bits per heavy atom. The van der Waals surface area contributed by atoms with E-state index < -0.39 is 4.92 Å². The van der Waals surface area contributed by atoms with Gasteiger partial charge in [-0.3, -0.25) is 19.5 Å². The SMILES string of the molecule is O=C(NCc1ccc([N+](=O)[O-])cc1)c1cccnc1-n1ccnc1. The predicted molar refractivity (Wildman–Crippen MR) is 85.6 cm³/mol. The largest absolute Gasteiger partial charge is 0.348 e. The maximum Gasteiger partial charge on any atom is 0.269 e. The van der Waals surface area contributed by atoms with Crippen LogP contribution in [-0.2, 0) is 6.54 Å². The zero-order valence-electron chi connectivity index (χ0n) is 12.5. The molecule has 0 aliphatic carbocycles. The number of nitrogens with one attached hydrogen (secondary N) is 1. The van der Waals surface area contributed by atoms with Crippen molar-refractivity contribution in [1.82, 2.24) is 19.9 Å². The Balaban J connectivity index is 1.73. The van der Waals surface area contributed by atoms with E-state index in [4.69, 9.17) is 0 Å². The van der Waals surface area contributed by atoms with Crippen molar-refractivity contribution in [2.24, 2.45) is 0 Å². The topological polar surface area (TPSA) is 103 Å². The monoisotopic (exact) mass is 323 g/mol. The van der Waals surface area contributed by atoms with Gasteiger partial charge in [0.2, 0.25) is 0 Å². The third-order valence-corrected chi connectivity index (χ3v) is 3.38. The number of hydrogen-bond acceptors (Lipinski definition) is 5. The molecular weight excluding hydrogens is 310 g/mol. The molecule has 0 aliphatic heterocycles. The van der Waals surface area contributed by atoms with Crippen molar-refractivity contribution >= 4 is 11.6 Å². The number of nitro groups is 1. The van der Waals surface area contributed by atoms with E-state index in [1.165, 1.54) is 12.1 Å². The first-order chi connectivity index (χ1) is 11.6. The van der Waals surface area contributed by atoms with Crippen LogP contribution in [0.25, 0.3) is 5.82 Å². The number of imidazole rings is 1. The van der Waals surface area contributed by atoms with Crippen molar-refractivity contribution < 1.29 is 9.72 Å². The minimum absolute atomic E-state index is 0.0136. The summed E-state index contributed by atoms with van der Waals surface area (Å²) in [5.41, 5.74) is 1.19. The number of benzene rings is 1. The van der Waals surface area contributed by atoms with E-state index in [0.717, 1.165) is 5.56 Å². The lowest BCUT2D eigenvalue weighted by Crippen LogP contribution is -2.24. The second-order valence-corrected chi connectivity index (χ2v) is 4.95. The van der Waals surface area contributed by atoms with Gasteiger partial charge in [-0.2, -0.15) is 0 Å². The van der Waals surface area contributed by atoms with Crippen LogP contribution in [0.1, 0.15) is 15.9 Å². The zero-order chi connectivity index (χ0) is 16.9. The molecule has 0 bridgehead atoms. The van der Waals surface area contributed by atoms with Crippen molar-refractivity contribution in [3.05, 3.63) is 82.6 Å². The summed E-state index contributed by atoms with van der Waals surface area (Å²) in [5, 5.41) is 13.4. The fourth-order valence-electron chi connectivity index (χ4n) is 2.18. The summed E-state index contributed by atoms with van der Waals surface area (Å²) in [6.07, 6.45) is 6.47. The predicted octanol–water partition coefficient (Wildman–Crippen LogP) is 2.11. The van der Waals surface area contributed by atoms with Gasteiger partial charge in [-0.1, -0.05) is 12.1 Å². The Bertz CT molecular complexity index is 860. The zero-order valence-corrected chi connectivity index (χ0v) is 12.5. The molecule has 0 radical (unpaired) electrons. The number of carbonyl (C=O) groups is 1. The lowest BCUT2D eigenvalue weighted by Gasteiger charge is -2.09. The highest BCUT2D eigenvalue weighted by Crippen LogP contribution is 2.13. The highest BCUT2D eigenvalue weighted by Gasteiger charge is 2.13. The molecule has 0 fully saturated rings. The molecule has 0 aliphatic rings. The first kappa shape index (κ1) is 15.3. The molecule has 24 heavy (non-hydrogen) atoms. The van der Waals surface area contributed by atoms with E-state index >= 15 is 0 Å². The average Bonchev–Trinajstić information content (AvgIpc) is 3.14. The third-order valence-electron chi connectivity index (χ3n) is 3.38. The molecule has 2 aromatic heterocycles. The summed E-state index contributed by atoms with van der Waals surface area (Å²) in [6.45, 7) is 0.259. The van der Waals surface area contributed by atoms with Gasteiger partial charge in [0.15, 0.2) is 5.82 Å². The van der Waals surface area contributed by atoms with Gasteiger partial charge < -0.3 is 5.32 Å². The summed E-state index contributed by atoms with van der Waals surface area (Å²) in [4.78, 5) is 30.8. The molecule has 120 valence electrons. The van der Waals surface area contributed by atoms with Gasteiger partial charge in [0.1, 0.15) is 6.33 Å². The molecule has 1 N–H and O–H groups in total. The van der Waals surface area contributed by atoms with Crippen molar-refractivity contribution in [2.45, 2.75) is 6.54 Å². The van der Waals surface area contributed by atoms with E-state index in [2.05, 4.69) is 15.3 Å². The van der Waals surface area contributed by atoms with E-state index in [9.17, 15) is 14.9 Å². The van der Waals surface area contributed by atoms with Gasteiger partial charge in [0, 0.05) is 37.3 Å². The first-order valence-corrected chi connectivity index (χ1v) is 7.10. The minimum atomic E-state index is -0.463. The second-order valence-electron chi connectivity index (χ2n) is 4.95. The van der Waals surface area contributed by atoms with Crippen LogP contribution < -0.4 is 5.32 Å². The quantitative estimate of drug-likeness (QED) is 0.572. The number of non-ortho nitro benzene ring substituents is 1. The molecule has 0 saturated carbocycles. The summed E-state index contributed by atoms with van der Waals surface area (Å²) in [6, 6.07) is 9.39. The third kappa shape index (κ3) is 3.27. The molecule has 3 aromatic rings. The maximum absolute atomic E-state index is 12.4. The van der Waals surface area contributed by atoms with Crippen LogP contribution >= 0.6 is 0 Å². The van der Waals surface area contributed by atoms with E-state index in [0.29, 0.717) is 11.4 Å². The summed E-state index contributed by atoms with van der Waals surface area (Å²) in [5.74, 6) is 0.196. The van der Waals surface area contributed by atoms with Crippen molar-refractivity contribution in [3.8, 4) is 5.82 Å². The minimum Gasteiger partial charge on any atom is -0.348 e. The van der Waals surface area contributed by atoms with Crippen LogP contribution in [0.2, 0.25) is 0 Å². The molecule has 8 nitrogen and oxygen atoms in total. The molecule has 8 heteroatoms. The lowest BCUT2D eigenvalue weighted by molar-refractivity contribution is -0.384. The Labute approximate surface area is 136 Å². The number of pyridine rings is 1. The smallest absolute Gasteiger partial charge is 0.269 e. The van der Waals surface area contributed by atoms with Crippen molar-refractivity contribution in [2.75, 3.05) is 0 Å². The molecule has 1 amide bonds. The molecule has 2 heterocycles. The average molecular weight is 323 g/mol. The normalized spacial score (nSPS) is 10.3. The maximum atomic E-state index is 12.4. The van der Waals surface area contributed by atoms with Crippen LogP contribution in [0.15, 0.2) is 61.3 Å². The Morgan fingerprint density at radius 3 is 2.67 bits per heavy atom. The van der Waals surface area contributed by atoms with E-state index in [-0.39, 0.29) is 18.1 Å².